The van der Waals surface area contributed by atoms with E-state index >= 15 is 0 Å². The van der Waals surface area contributed by atoms with Crippen LogP contribution in [0.5, 0.6) is 0 Å². The van der Waals surface area contributed by atoms with E-state index < -0.39 is 4.92 Å². The summed E-state index contributed by atoms with van der Waals surface area (Å²) in [6.07, 6.45) is 0. The fourth-order valence-electron chi connectivity index (χ4n) is 1.21. The lowest BCUT2D eigenvalue weighted by Crippen LogP contribution is -2.13. The van der Waals surface area contributed by atoms with E-state index in [-0.39, 0.29) is 5.69 Å². The van der Waals surface area contributed by atoms with Gasteiger partial charge in [0.15, 0.2) is 0 Å². The Bertz CT molecular complexity index is 382. The zero-order chi connectivity index (χ0) is 11.4. The molecule has 0 fully saturated rings. The van der Waals surface area contributed by atoms with E-state index in [4.69, 9.17) is 5.73 Å². The molecule has 1 rings (SSSR count). The topological polar surface area (TPSA) is 81.2 Å². The van der Waals surface area contributed by atoms with Gasteiger partial charge in [0.25, 0.3) is 5.69 Å². The Morgan fingerprint density at radius 3 is 2.80 bits per heavy atom. The minimum absolute atomic E-state index is 0.111. The van der Waals surface area contributed by atoms with Crippen molar-refractivity contribution in [1.29, 1.82) is 0 Å². The van der Waals surface area contributed by atoms with Crippen LogP contribution in [0.3, 0.4) is 0 Å². The molecular weight excluding hydrogens is 262 g/mol. The normalized spacial score (nSPS) is 10.1. The monoisotopic (exact) mass is 273 g/mol. The Kier molecular flexibility index (Phi) is 4.05. The molecule has 0 aliphatic rings. The van der Waals surface area contributed by atoms with Crippen LogP contribution in [0.25, 0.3) is 0 Å². The van der Waals surface area contributed by atoms with E-state index in [1.807, 2.05) is 0 Å². The maximum atomic E-state index is 10.6. The Balaban J connectivity index is 3.02. The molecule has 5 nitrogen and oxygen atoms in total. The predicted octanol–water partition coefficient (Wildman–Crippen LogP) is 2.04. The molecule has 0 unspecified atom stereocenters. The Labute approximate surface area is 95.9 Å². The van der Waals surface area contributed by atoms with Crippen LogP contribution in [0.4, 0.5) is 11.4 Å². The first kappa shape index (κ1) is 11.9. The number of aryl methyl sites for hydroxylation is 1. The second-order valence-corrected chi connectivity index (χ2v) is 3.95. The third-order valence-corrected chi connectivity index (χ3v) is 2.60. The van der Waals surface area contributed by atoms with Gasteiger partial charge in [0.1, 0.15) is 0 Å². The molecule has 0 atom stereocenters. The predicted molar refractivity (Wildman–Crippen MR) is 63.1 cm³/mol. The first-order valence-electron chi connectivity index (χ1n) is 4.44. The van der Waals surface area contributed by atoms with Crippen molar-refractivity contribution in [3.05, 3.63) is 32.3 Å². The number of hydrogen-bond donors (Lipinski definition) is 2. The van der Waals surface area contributed by atoms with Crippen molar-refractivity contribution in [3.63, 3.8) is 0 Å². The van der Waals surface area contributed by atoms with Crippen molar-refractivity contribution in [2.75, 3.05) is 18.4 Å². The SMILES string of the molecule is Cc1cc(NCCN)c(Br)cc1[N+](=O)[O-]. The first-order chi connectivity index (χ1) is 7.06. The molecule has 0 radical (unpaired) electrons. The maximum Gasteiger partial charge on any atom is 0.273 e. The molecule has 0 aliphatic carbocycles. The number of nitrogens with two attached hydrogens (primary N) is 1. The Hall–Kier alpha value is -1.14. The smallest absolute Gasteiger partial charge is 0.273 e. The zero-order valence-electron chi connectivity index (χ0n) is 8.29. The molecule has 3 N–H and O–H groups in total. The highest BCUT2D eigenvalue weighted by Crippen LogP contribution is 2.30. The van der Waals surface area contributed by atoms with E-state index in [9.17, 15) is 10.1 Å². The fraction of sp³-hybridized carbons (Fsp3) is 0.333. The highest BCUT2D eigenvalue weighted by atomic mass is 79.9. The summed E-state index contributed by atoms with van der Waals surface area (Å²) >= 11 is 3.27. The molecule has 82 valence electrons. The molecule has 0 bridgehead atoms. The van der Waals surface area contributed by atoms with E-state index in [1.54, 1.807) is 13.0 Å². The van der Waals surface area contributed by atoms with Crippen LogP contribution in [-0.2, 0) is 0 Å². The van der Waals surface area contributed by atoms with Crippen molar-refractivity contribution < 1.29 is 4.92 Å². The van der Waals surface area contributed by atoms with Crippen molar-refractivity contribution in [1.82, 2.24) is 0 Å². The summed E-state index contributed by atoms with van der Waals surface area (Å²) in [5.41, 5.74) is 6.92. The first-order valence-corrected chi connectivity index (χ1v) is 5.24. The van der Waals surface area contributed by atoms with Crippen LogP contribution in [0.15, 0.2) is 16.6 Å². The minimum atomic E-state index is -0.396. The van der Waals surface area contributed by atoms with Crippen molar-refractivity contribution in [2.45, 2.75) is 6.92 Å². The number of hydrogen-bond acceptors (Lipinski definition) is 4. The van der Waals surface area contributed by atoms with Crippen LogP contribution >= 0.6 is 15.9 Å². The van der Waals surface area contributed by atoms with Crippen LogP contribution < -0.4 is 11.1 Å². The molecule has 0 spiro atoms. The van der Waals surface area contributed by atoms with Gasteiger partial charge in [0.05, 0.1) is 4.92 Å². The number of nitrogens with one attached hydrogen (secondary N) is 1. The van der Waals surface area contributed by atoms with E-state index in [0.717, 1.165) is 5.69 Å². The summed E-state index contributed by atoms with van der Waals surface area (Å²) in [6.45, 7) is 2.86. The molecule has 1 aromatic rings. The van der Waals surface area contributed by atoms with Crippen LogP contribution in [0.1, 0.15) is 5.56 Å². The van der Waals surface area contributed by atoms with Crippen LogP contribution in [0.2, 0.25) is 0 Å². The molecular formula is C9H12BrN3O2. The molecule has 0 aromatic heterocycles. The molecule has 1 aromatic carbocycles. The number of halogens is 1. The summed E-state index contributed by atoms with van der Waals surface area (Å²) < 4.78 is 0.674. The molecule has 0 saturated heterocycles. The number of benzene rings is 1. The summed E-state index contributed by atoms with van der Waals surface area (Å²) in [6, 6.07) is 3.23. The summed E-state index contributed by atoms with van der Waals surface area (Å²) in [5.74, 6) is 0. The Morgan fingerprint density at radius 2 is 2.27 bits per heavy atom. The lowest BCUT2D eigenvalue weighted by atomic mass is 10.2. The molecule has 0 amide bonds. The van der Waals surface area contributed by atoms with Crippen molar-refractivity contribution >= 4 is 27.3 Å². The van der Waals surface area contributed by atoms with Gasteiger partial charge in [-0.25, -0.2) is 0 Å². The lowest BCUT2D eigenvalue weighted by Gasteiger charge is -2.08. The molecule has 6 heteroatoms. The van der Waals surface area contributed by atoms with Gasteiger partial charge in [0, 0.05) is 34.9 Å². The number of nitro groups is 1. The number of nitro benzene ring substituents is 1. The third kappa shape index (κ3) is 2.90. The molecule has 0 heterocycles. The van der Waals surface area contributed by atoms with E-state index in [1.165, 1.54) is 6.07 Å². The van der Waals surface area contributed by atoms with Gasteiger partial charge in [-0.3, -0.25) is 10.1 Å². The fourth-order valence-corrected chi connectivity index (χ4v) is 1.68. The number of rotatable bonds is 4. The summed E-state index contributed by atoms with van der Waals surface area (Å²) in [7, 11) is 0. The highest BCUT2D eigenvalue weighted by Gasteiger charge is 2.13. The van der Waals surface area contributed by atoms with Gasteiger partial charge in [-0.1, -0.05) is 0 Å². The van der Waals surface area contributed by atoms with Gasteiger partial charge in [-0.05, 0) is 28.9 Å². The second-order valence-electron chi connectivity index (χ2n) is 3.09. The quantitative estimate of drug-likeness (QED) is 0.650. The average Bonchev–Trinajstić information content (AvgIpc) is 2.18. The van der Waals surface area contributed by atoms with Crippen molar-refractivity contribution in [3.8, 4) is 0 Å². The second kappa shape index (κ2) is 5.09. The summed E-state index contributed by atoms with van der Waals surface area (Å²) in [5, 5.41) is 13.7. The summed E-state index contributed by atoms with van der Waals surface area (Å²) in [4.78, 5) is 10.2. The molecule has 15 heavy (non-hydrogen) atoms. The Morgan fingerprint density at radius 1 is 1.60 bits per heavy atom. The molecule has 0 aliphatic heterocycles. The molecule has 0 saturated carbocycles. The zero-order valence-corrected chi connectivity index (χ0v) is 9.87. The van der Waals surface area contributed by atoms with Crippen LogP contribution in [0, 0.1) is 17.0 Å². The third-order valence-electron chi connectivity index (χ3n) is 1.94. The van der Waals surface area contributed by atoms with Gasteiger partial charge < -0.3 is 11.1 Å². The standard InChI is InChI=1S/C9H12BrN3O2/c1-6-4-8(12-3-2-11)7(10)5-9(6)13(14)15/h4-5,12H,2-3,11H2,1H3. The van der Waals surface area contributed by atoms with Gasteiger partial charge in [-0.2, -0.15) is 0 Å². The van der Waals surface area contributed by atoms with Crippen LogP contribution in [-0.4, -0.2) is 18.0 Å². The largest absolute Gasteiger partial charge is 0.383 e. The average molecular weight is 274 g/mol. The number of anilines is 1. The lowest BCUT2D eigenvalue weighted by molar-refractivity contribution is -0.385. The van der Waals surface area contributed by atoms with Gasteiger partial charge >= 0.3 is 0 Å². The van der Waals surface area contributed by atoms with Gasteiger partial charge in [0.2, 0.25) is 0 Å². The van der Waals surface area contributed by atoms with E-state index in [0.29, 0.717) is 23.1 Å². The highest BCUT2D eigenvalue weighted by molar-refractivity contribution is 9.10. The van der Waals surface area contributed by atoms with Gasteiger partial charge in [-0.15, -0.1) is 0 Å². The number of nitrogens with zero attached hydrogens (tertiary/aromatic N) is 1. The maximum absolute atomic E-state index is 10.6. The van der Waals surface area contributed by atoms with Crippen molar-refractivity contribution in [2.24, 2.45) is 5.73 Å². The van der Waals surface area contributed by atoms with E-state index in [2.05, 4.69) is 21.2 Å². The minimum Gasteiger partial charge on any atom is -0.383 e.